The van der Waals surface area contributed by atoms with Crippen LogP contribution in [0.2, 0.25) is 0 Å². The summed E-state index contributed by atoms with van der Waals surface area (Å²) in [5, 5.41) is 0. The van der Waals surface area contributed by atoms with Gasteiger partial charge in [-0.2, -0.15) is 0 Å². The van der Waals surface area contributed by atoms with Gasteiger partial charge in [0.05, 0.1) is 19.8 Å². The summed E-state index contributed by atoms with van der Waals surface area (Å²) in [4.78, 5) is 2.62. The van der Waals surface area contributed by atoms with Gasteiger partial charge in [0.15, 0.2) is 23.0 Å². The number of hydrogen-bond acceptors (Lipinski definition) is 5. The van der Waals surface area contributed by atoms with E-state index in [4.69, 9.17) is 30.5 Å². The zero-order valence-corrected chi connectivity index (χ0v) is 19.8. The number of fused-ring (bicyclic) bond motifs is 5. The zero-order valence-electron chi connectivity index (χ0n) is 19.1. The Balaban J connectivity index is 1.49. The molecule has 0 saturated heterocycles. The Bertz CT molecular complexity index is 1090. The third-order valence-corrected chi connectivity index (χ3v) is 7.78. The van der Waals surface area contributed by atoms with Gasteiger partial charge in [-0.05, 0) is 67.0 Å². The molecule has 1 fully saturated rings. The summed E-state index contributed by atoms with van der Waals surface area (Å²) >= 11 is 5.88. The number of alkyl halides is 1. The molecule has 3 aliphatic heterocycles. The molecule has 1 atom stereocenters. The van der Waals surface area contributed by atoms with Crippen molar-refractivity contribution < 1.29 is 18.9 Å². The molecule has 0 N–H and O–H groups in total. The van der Waals surface area contributed by atoms with E-state index >= 15 is 0 Å². The van der Waals surface area contributed by atoms with E-state index < -0.39 is 0 Å². The van der Waals surface area contributed by atoms with Crippen LogP contribution < -0.4 is 18.9 Å². The van der Waals surface area contributed by atoms with Gasteiger partial charge in [-0.3, -0.25) is 0 Å². The first-order valence-electron chi connectivity index (χ1n) is 12.1. The molecule has 6 rings (SSSR count). The van der Waals surface area contributed by atoms with Crippen molar-refractivity contribution >= 4 is 23.4 Å². The molecule has 3 heterocycles. The summed E-state index contributed by atoms with van der Waals surface area (Å²) in [7, 11) is 1.76. The number of ether oxygens (including phenoxy) is 4. The fourth-order valence-electron chi connectivity index (χ4n) is 6.05. The van der Waals surface area contributed by atoms with E-state index in [9.17, 15) is 0 Å². The number of methoxy groups -OCH3 is 1. The average Bonchev–Trinajstić information content (AvgIpc) is 3.53. The Kier molecular flexibility index (Phi) is 5.53. The second-order valence-corrected chi connectivity index (χ2v) is 9.69. The molecule has 5 nitrogen and oxygen atoms in total. The van der Waals surface area contributed by atoms with Gasteiger partial charge in [0.1, 0.15) is 0 Å². The van der Waals surface area contributed by atoms with Crippen LogP contribution in [-0.4, -0.2) is 37.8 Å². The van der Waals surface area contributed by atoms with Crippen molar-refractivity contribution in [1.29, 1.82) is 0 Å². The van der Waals surface area contributed by atoms with Crippen LogP contribution in [0.15, 0.2) is 24.3 Å². The third-order valence-electron chi connectivity index (χ3n) is 7.51. The monoisotopic (exact) mass is 467 g/mol. The molecule has 33 heavy (non-hydrogen) atoms. The van der Waals surface area contributed by atoms with Gasteiger partial charge < -0.3 is 23.8 Å². The first kappa shape index (κ1) is 21.0. The summed E-state index contributed by atoms with van der Waals surface area (Å²) in [6.45, 7) is 1.88. The van der Waals surface area contributed by atoms with E-state index in [2.05, 4.69) is 29.2 Å². The Morgan fingerprint density at radius 2 is 1.94 bits per heavy atom. The van der Waals surface area contributed by atoms with Crippen LogP contribution in [0, 0.1) is 5.92 Å². The van der Waals surface area contributed by atoms with Crippen LogP contribution in [0.5, 0.6) is 23.0 Å². The lowest BCUT2D eigenvalue weighted by Gasteiger charge is -2.46. The lowest BCUT2D eigenvalue weighted by atomic mass is 9.80. The van der Waals surface area contributed by atoms with Crippen molar-refractivity contribution in [2.45, 2.75) is 44.6 Å². The highest BCUT2D eigenvalue weighted by atomic mass is 35.5. The van der Waals surface area contributed by atoms with Gasteiger partial charge in [-0.15, -0.1) is 11.6 Å². The van der Waals surface area contributed by atoms with E-state index in [0.717, 1.165) is 42.4 Å². The van der Waals surface area contributed by atoms with Gasteiger partial charge in [-0.25, -0.2) is 0 Å². The molecule has 0 radical (unpaired) electrons. The first-order chi connectivity index (χ1) is 16.3. The van der Waals surface area contributed by atoms with Gasteiger partial charge in [-0.1, -0.05) is 18.9 Å². The molecule has 0 unspecified atom stereocenters. The van der Waals surface area contributed by atoms with Gasteiger partial charge in [0.25, 0.3) is 0 Å². The Morgan fingerprint density at radius 1 is 1.12 bits per heavy atom. The topological polar surface area (TPSA) is 40.2 Å². The van der Waals surface area contributed by atoms with Crippen molar-refractivity contribution in [1.82, 2.24) is 4.90 Å². The molecule has 0 spiro atoms. The first-order valence-corrected chi connectivity index (χ1v) is 12.6. The van der Waals surface area contributed by atoms with Crippen molar-refractivity contribution in [2.75, 3.05) is 32.9 Å². The summed E-state index contributed by atoms with van der Waals surface area (Å²) in [5.41, 5.74) is 6.40. The normalized spacial score (nSPS) is 20.7. The minimum absolute atomic E-state index is 0.285. The highest BCUT2D eigenvalue weighted by Gasteiger charge is 2.41. The van der Waals surface area contributed by atoms with Crippen molar-refractivity contribution in [3.05, 3.63) is 46.5 Å². The van der Waals surface area contributed by atoms with Crippen molar-refractivity contribution in [3.8, 4) is 23.0 Å². The van der Waals surface area contributed by atoms with Gasteiger partial charge in [0, 0.05) is 29.2 Å². The van der Waals surface area contributed by atoms with Crippen LogP contribution in [0.3, 0.4) is 0 Å². The molecule has 1 aliphatic carbocycles. The lowest BCUT2D eigenvalue weighted by Crippen LogP contribution is -2.38. The standard InChI is InChI=1S/C27H30ClNO4/c1-30-27-22(31-12-4-10-28)8-7-19-13-21-20-15-24-23(32-16-33-24)14-18(20)9-11-29(21)26(25(19)27)17-5-2-3-6-17/h7-8,13-15,17,26H,2-6,9-12,16H2,1H3/t26-/m1/s1. The summed E-state index contributed by atoms with van der Waals surface area (Å²) in [5.74, 6) is 4.62. The van der Waals surface area contributed by atoms with Crippen LogP contribution in [-0.2, 0) is 6.42 Å². The largest absolute Gasteiger partial charge is 0.492 e. The maximum atomic E-state index is 6.11. The molecule has 6 heteroatoms. The van der Waals surface area contributed by atoms with E-state index in [1.807, 2.05) is 6.07 Å². The minimum atomic E-state index is 0.285. The van der Waals surface area contributed by atoms with Crippen LogP contribution in [0.25, 0.3) is 11.8 Å². The van der Waals surface area contributed by atoms with Gasteiger partial charge in [0.2, 0.25) is 6.79 Å². The summed E-state index contributed by atoms with van der Waals surface area (Å²) < 4.78 is 23.5. The number of halogens is 1. The molecule has 0 bridgehead atoms. The Labute approximate surface area is 200 Å². The molecule has 0 amide bonds. The Hall–Kier alpha value is -2.53. The molecule has 4 aliphatic rings. The Morgan fingerprint density at radius 3 is 2.73 bits per heavy atom. The zero-order chi connectivity index (χ0) is 22.4. The number of benzene rings is 2. The quantitative estimate of drug-likeness (QED) is 0.383. The summed E-state index contributed by atoms with van der Waals surface area (Å²) in [6.07, 6.45) is 9.24. The molecular formula is C27H30ClNO4. The fourth-order valence-corrected chi connectivity index (χ4v) is 6.16. The van der Waals surface area contributed by atoms with Crippen LogP contribution in [0.1, 0.15) is 60.4 Å². The van der Waals surface area contributed by atoms with E-state index in [1.54, 1.807) is 7.11 Å². The maximum absolute atomic E-state index is 6.11. The predicted octanol–water partition coefficient (Wildman–Crippen LogP) is 6.03. The van der Waals surface area contributed by atoms with Crippen molar-refractivity contribution in [3.63, 3.8) is 0 Å². The second kappa shape index (κ2) is 8.68. The summed E-state index contributed by atoms with van der Waals surface area (Å²) in [6, 6.07) is 8.87. The third kappa shape index (κ3) is 3.52. The highest BCUT2D eigenvalue weighted by Crippen LogP contribution is 2.54. The smallest absolute Gasteiger partial charge is 0.231 e. The van der Waals surface area contributed by atoms with Crippen molar-refractivity contribution in [2.24, 2.45) is 5.92 Å². The molecular weight excluding hydrogens is 438 g/mol. The predicted molar refractivity (Wildman–Crippen MR) is 129 cm³/mol. The lowest BCUT2D eigenvalue weighted by molar-refractivity contribution is 0.174. The second-order valence-electron chi connectivity index (χ2n) is 9.32. The number of nitrogens with zero attached hydrogens (tertiary/aromatic N) is 1. The van der Waals surface area contributed by atoms with Gasteiger partial charge >= 0.3 is 0 Å². The fraction of sp³-hybridized carbons (Fsp3) is 0.481. The minimum Gasteiger partial charge on any atom is -0.492 e. The molecule has 2 aromatic rings. The van der Waals surface area contributed by atoms with E-state index in [1.165, 1.54) is 53.6 Å². The molecule has 174 valence electrons. The maximum Gasteiger partial charge on any atom is 0.231 e. The average molecular weight is 468 g/mol. The van der Waals surface area contributed by atoms with E-state index in [0.29, 0.717) is 25.2 Å². The van der Waals surface area contributed by atoms with Crippen LogP contribution in [0.4, 0.5) is 0 Å². The van der Waals surface area contributed by atoms with Crippen LogP contribution >= 0.6 is 11.6 Å². The molecule has 0 aromatic heterocycles. The highest BCUT2D eigenvalue weighted by molar-refractivity contribution is 6.17. The molecule has 2 aromatic carbocycles. The molecule has 1 saturated carbocycles. The van der Waals surface area contributed by atoms with E-state index in [-0.39, 0.29) is 6.04 Å². The number of hydrogen-bond donors (Lipinski definition) is 0. The SMILES string of the molecule is COc1c(OCCCCl)ccc2c1[C@@H](C1CCCC1)N1CCc3cc4c(cc3C1=C2)OCO4. The number of rotatable bonds is 6.